The minimum absolute atomic E-state index is 0.197. The molecule has 0 aromatic carbocycles. The Morgan fingerprint density at radius 1 is 1.12 bits per heavy atom. The Labute approximate surface area is 104 Å². The molecule has 1 atom stereocenters. The summed E-state index contributed by atoms with van der Waals surface area (Å²) in [5.41, 5.74) is 0.598. The summed E-state index contributed by atoms with van der Waals surface area (Å²) >= 11 is 0. The molecule has 1 spiro atoms. The molecule has 3 heteroatoms. The quantitative estimate of drug-likeness (QED) is 0.820. The van der Waals surface area contributed by atoms with E-state index in [1.807, 2.05) is 0 Å². The van der Waals surface area contributed by atoms with Crippen molar-refractivity contribution in [1.82, 2.24) is 5.32 Å². The van der Waals surface area contributed by atoms with E-state index in [1.54, 1.807) is 0 Å². The zero-order valence-electron chi connectivity index (χ0n) is 11.1. The molecule has 0 bridgehead atoms. The molecule has 2 saturated carbocycles. The minimum Gasteiger partial charge on any atom is -0.348 e. The molecule has 1 heterocycles. The standard InChI is InChI=1S/C14H25NO2/c1-13(2)9-11(13)10-15-12-3-5-14(6-4-12)16-7-8-17-14/h11-12,15H,3-10H2,1-2H3. The molecular formula is C14H25NO2. The first-order valence-corrected chi connectivity index (χ1v) is 7.11. The molecule has 17 heavy (non-hydrogen) atoms. The van der Waals surface area contributed by atoms with Gasteiger partial charge in [0.15, 0.2) is 5.79 Å². The highest BCUT2D eigenvalue weighted by Gasteiger charge is 2.46. The van der Waals surface area contributed by atoms with E-state index < -0.39 is 0 Å². The zero-order chi connectivity index (χ0) is 11.9. The maximum absolute atomic E-state index is 5.75. The van der Waals surface area contributed by atoms with Crippen LogP contribution in [-0.2, 0) is 9.47 Å². The second-order valence-electron chi connectivity index (χ2n) is 6.68. The first-order chi connectivity index (χ1) is 8.10. The van der Waals surface area contributed by atoms with Crippen LogP contribution in [0.25, 0.3) is 0 Å². The van der Waals surface area contributed by atoms with Crippen LogP contribution < -0.4 is 5.32 Å². The monoisotopic (exact) mass is 239 g/mol. The van der Waals surface area contributed by atoms with Gasteiger partial charge in [-0.2, -0.15) is 0 Å². The van der Waals surface area contributed by atoms with E-state index in [-0.39, 0.29) is 5.79 Å². The number of hydrogen-bond acceptors (Lipinski definition) is 3. The average Bonchev–Trinajstić information content (AvgIpc) is 2.73. The molecule has 0 aromatic rings. The number of hydrogen-bond donors (Lipinski definition) is 1. The molecule has 1 aliphatic heterocycles. The van der Waals surface area contributed by atoms with Gasteiger partial charge in [-0.15, -0.1) is 0 Å². The van der Waals surface area contributed by atoms with Gasteiger partial charge in [0.25, 0.3) is 0 Å². The van der Waals surface area contributed by atoms with E-state index in [0.717, 1.165) is 32.0 Å². The van der Waals surface area contributed by atoms with Crippen molar-refractivity contribution in [1.29, 1.82) is 0 Å². The molecule has 0 amide bonds. The van der Waals surface area contributed by atoms with E-state index in [1.165, 1.54) is 25.8 Å². The van der Waals surface area contributed by atoms with Crippen LogP contribution in [0, 0.1) is 11.3 Å². The topological polar surface area (TPSA) is 30.5 Å². The second-order valence-corrected chi connectivity index (χ2v) is 6.68. The Balaban J connectivity index is 1.40. The van der Waals surface area contributed by atoms with Crippen molar-refractivity contribution in [2.75, 3.05) is 19.8 Å². The van der Waals surface area contributed by atoms with E-state index in [4.69, 9.17) is 9.47 Å². The predicted molar refractivity (Wildman–Crippen MR) is 66.8 cm³/mol. The summed E-state index contributed by atoms with van der Waals surface area (Å²) < 4.78 is 11.5. The van der Waals surface area contributed by atoms with Crippen molar-refractivity contribution in [3.63, 3.8) is 0 Å². The van der Waals surface area contributed by atoms with E-state index in [0.29, 0.717) is 11.5 Å². The summed E-state index contributed by atoms with van der Waals surface area (Å²) in [4.78, 5) is 0. The summed E-state index contributed by atoms with van der Waals surface area (Å²) in [7, 11) is 0. The van der Waals surface area contributed by atoms with Crippen LogP contribution >= 0.6 is 0 Å². The molecule has 3 aliphatic rings. The summed E-state index contributed by atoms with van der Waals surface area (Å²) in [6.07, 6.45) is 5.93. The van der Waals surface area contributed by atoms with E-state index in [2.05, 4.69) is 19.2 Å². The fourth-order valence-corrected chi connectivity index (χ4v) is 3.28. The van der Waals surface area contributed by atoms with Gasteiger partial charge in [0.1, 0.15) is 0 Å². The van der Waals surface area contributed by atoms with Crippen molar-refractivity contribution in [3.8, 4) is 0 Å². The molecule has 2 aliphatic carbocycles. The third-order valence-electron chi connectivity index (χ3n) is 4.93. The van der Waals surface area contributed by atoms with Crippen LogP contribution in [-0.4, -0.2) is 31.6 Å². The van der Waals surface area contributed by atoms with Crippen LogP contribution in [0.15, 0.2) is 0 Å². The van der Waals surface area contributed by atoms with E-state index >= 15 is 0 Å². The van der Waals surface area contributed by atoms with Gasteiger partial charge in [-0.05, 0) is 37.1 Å². The largest absolute Gasteiger partial charge is 0.348 e. The van der Waals surface area contributed by atoms with Crippen molar-refractivity contribution in [2.24, 2.45) is 11.3 Å². The number of nitrogens with one attached hydrogen (secondary N) is 1. The predicted octanol–water partition coefficient (Wildman–Crippen LogP) is 2.31. The molecule has 0 radical (unpaired) electrons. The normalized spacial score (nSPS) is 35.3. The van der Waals surface area contributed by atoms with Crippen LogP contribution in [0.3, 0.4) is 0 Å². The third kappa shape index (κ3) is 2.51. The van der Waals surface area contributed by atoms with Gasteiger partial charge < -0.3 is 14.8 Å². The minimum atomic E-state index is -0.197. The van der Waals surface area contributed by atoms with Crippen molar-refractivity contribution < 1.29 is 9.47 Å². The lowest BCUT2D eigenvalue weighted by molar-refractivity contribution is -0.179. The van der Waals surface area contributed by atoms with Crippen LogP contribution in [0.1, 0.15) is 46.0 Å². The van der Waals surface area contributed by atoms with Crippen molar-refractivity contribution in [3.05, 3.63) is 0 Å². The summed E-state index contributed by atoms with van der Waals surface area (Å²) in [5.74, 6) is 0.703. The first kappa shape index (κ1) is 11.9. The second kappa shape index (κ2) is 4.22. The van der Waals surface area contributed by atoms with Crippen LogP contribution in [0.5, 0.6) is 0 Å². The van der Waals surface area contributed by atoms with Gasteiger partial charge in [-0.1, -0.05) is 13.8 Å². The summed E-state index contributed by atoms with van der Waals surface area (Å²) in [6, 6.07) is 0.685. The molecule has 1 unspecified atom stereocenters. The molecule has 3 rings (SSSR count). The summed E-state index contributed by atoms with van der Waals surface area (Å²) in [6.45, 7) is 7.51. The zero-order valence-corrected chi connectivity index (χ0v) is 11.1. The molecule has 98 valence electrons. The Kier molecular flexibility index (Phi) is 2.96. The van der Waals surface area contributed by atoms with E-state index in [9.17, 15) is 0 Å². The Hall–Kier alpha value is -0.120. The lowest BCUT2D eigenvalue weighted by Crippen LogP contribution is -2.42. The highest BCUT2D eigenvalue weighted by molar-refractivity contribution is 4.97. The van der Waals surface area contributed by atoms with Gasteiger partial charge in [0.05, 0.1) is 13.2 Å². The molecule has 0 aromatic heterocycles. The SMILES string of the molecule is CC1(C)CC1CNC1CCC2(CC1)OCCO2. The third-order valence-corrected chi connectivity index (χ3v) is 4.93. The first-order valence-electron chi connectivity index (χ1n) is 7.11. The Morgan fingerprint density at radius 3 is 2.24 bits per heavy atom. The molecular weight excluding hydrogens is 214 g/mol. The van der Waals surface area contributed by atoms with Crippen molar-refractivity contribution in [2.45, 2.75) is 57.8 Å². The highest BCUT2D eigenvalue weighted by Crippen LogP contribution is 2.51. The molecule has 3 nitrogen and oxygen atoms in total. The summed E-state index contributed by atoms with van der Waals surface area (Å²) in [5, 5.41) is 3.73. The maximum Gasteiger partial charge on any atom is 0.168 e. The Morgan fingerprint density at radius 2 is 1.71 bits per heavy atom. The molecule has 3 fully saturated rings. The lowest BCUT2D eigenvalue weighted by atomic mass is 9.90. The lowest BCUT2D eigenvalue weighted by Gasteiger charge is -2.35. The fourth-order valence-electron chi connectivity index (χ4n) is 3.28. The van der Waals surface area contributed by atoms with Crippen LogP contribution in [0.2, 0.25) is 0 Å². The van der Waals surface area contributed by atoms with Crippen LogP contribution in [0.4, 0.5) is 0 Å². The molecule has 1 saturated heterocycles. The van der Waals surface area contributed by atoms with Gasteiger partial charge >= 0.3 is 0 Å². The number of rotatable bonds is 3. The van der Waals surface area contributed by atoms with Gasteiger partial charge in [0, 0.05) is 18.9 Å². The fraction of sp³-hybridized carbons (Fsp3) is 1.00. The maximum atomic E-state index is 5.75. The highest BCUT2D eigenvalue weighted by atomic mass is 16.7. The van der Waals surface area contributed by atoms with Gasteiger partial charge in [0.2, 0.25) is 0 Å². The van der Waals surface area contributed by atoms with Crippen molar-refractivity contribution >= 4 is 0 Å². The van der Waals surface area contributed by atoms with Gasteiger partial charge in [-0.3, -0.25) is 0 Å². The average molecular weight is 239 g/mol. The van der Waals surface area contributed by atoms with Gasteiger partial charge in [-0.25, -0.2) is 0 Å². The number of ether oxygens (including phenoxy) is 2. The smallest absolute Gasteiger partial charge is 0.168 e. The Bertz CT molecular complexity index is 271. The molecule has 1 N–H and O–H groups in total.